The molecule has 1 atom stereocenters. The second kappa shape index (κ2) is 11.3. The van der Waals surface area contributed by atoms with Crippen molar-refractivity contribution >= 4 is 40.6 Å². The van der Waals surface area contributed by atoms with E-state index in [0.717, 1.165) is 6.07 Å². The van der Waals surface area contributed by atoms with E-state index < -0.39 is 23.7 Å². The second-order valence-corrected chi connectivity index (χ2v) is 9.63. The molecule has 0 aromatic heterocycles. The minimum absolute atomic E-state index is 0.00940. The third-order valence-corrected chi connectivity index (χ3v) is 6.16. The van der Waals surface area contributed by atoms with Gasteiger partial charge in [0.25, 0.3) is 0 Å². The summed E-state index contributed by atoms with van der Waals surface area (Å²) in [6.07, 6.45) is -4.42. The lowest BCUT2D eigenvalue weighted by atomic mass is 9.99. The zero-order valence-corrected chi connectivity index (χ0v) is 21.5. The van der Waals surface area contributed by atoms with Crippen LogP contribution in [0.5, 0.6) is 0 Å². The van der Waals surface area contributed by atoms with E-state index >= 15 is 0 Å². The molecule has 10 heteroatoms. The van der Waals surface area contributed by atoms with Crippen LogP contribution in [-0.4, -0.2) is 29.7 Å². The summed E-state index contributed by atoms with van der Waals surface area (Å²) in [4.78, 5) is 29.8. The smallest absolute Gasteiger partial charge is 0.336 e. The number of aliphatic imine (C=N–C) groups is 1. The van der Waals surface area contributed by atoms with Crippen LogP contribution >= 0.6 is 11.6 Å². The third kappa shape index (κ3) is 6.52. The number of urea groups is 1. The Balaban J connectivity index is 1.66. The van der Waals surface area contributed by atoms with Gasteiger partial charge in [-0.1, -0.05) is 41.9 Å². The molecule has 3 aromatic rings. The van der Waals surface area contributed by atoms with Crippen molar-refractivity contribution in [3.63, 3.8) is 0 Å². The fourth-order valence-electron chi connectivity index (χ4n) is 4.19. The van der Waals surface area contributed by atoms with Crippen molar-refractivity contribution in [2.75, 3.05) is 10.6 Å². The minimum atomic E-state index is -4.49. The molecule has 0 aliphatic carbocycles. The molecule has 1 unspecified atom stereocenters. The van der Waals surface area contributed by atoms with Crippen LogP contribution in [0.4, 0.5) is 29.3 Å². The molecule has 1 heterocycles. The summed E-state index contributed by atoms with van der Waals surface area (Å²) in [6, 6.07) is 15.9. The highest BCUT2D eigenvalue weighted by atomic mass is 35.5. The first-order chi connectivity index (χ1) is 18.0. The summed E-state index contributed by atoms with van der Waals surface area (Å²) >= 11 is 6.25. The average Bonchev–Trinajstić information content (AvgIpc) is 2.98. The first-order valence-electron chi connectivity index (χ1n) is 12.0. The van der Waals surface area contributed by atoms with Crippen molar-refractivity contribution in [1.29, 1.82) is 0 Å². The van der Waals surface area contributed by atoms with Gasteiger partial charge in [0.05, 0.1) is 17.0 Å². The van der Waals surface area contributed by atoms with Crippen LogP contribution in [0.3, 0.4) is 0 Å². The molecule has 1 aliphatic heterocycles. The van der Waals surface area contributed by atoms with E-state index in [-0.39, 0.29) is 30.5 Å². The predicted molar refractivity (Wildman–Crippen MR) is 143 cm³/mol. The quantitative estimate of drug-likeness (QED) is 0.325. The number of fused-ring (bicyclic) bond motifs is 1. The fourth-order valence-corrected chi connectivity index (χ4v) is 4.37. The molecular weight excluding hydrogens is 517 g/mol. The van der Waals surface area contributed by atoms with Gasteiger partial charge in [-0.15, -0.1) is 0 Å². The van der Waals surface area contributed by atoms with Crippen molar-refractivity contribution in [3.05, 3.63) is 94.0 Å². The van der Waals surface area contributed by atoms with Gasteiger partial charge in [0, 0.05) is 27.9 Å². The van der Waals surface area contributed by atoms with Gasteiger partial charge in [-0.2, -0.15) is 13.2 Å². The van der Waals surface area contributed by atoms with Gasteiger partial charge in [-0.05, 0) is 68.7 Å². The molecule has 6 nitrogen and oxygen atoms in total. The highest BCUT2D eigenvalue weighted by Gasteiger charge is 2.33. The topological polar surface area (TPSA) is 82.6 Å². The number of benzene rings is 3. The number of hydrogen-bond donors (Lipinski definition) is 3. The van der Waals surface area contributed by atoms with Crippen molar-refractivity contribution in [2.24, 2.45) is 4.99 Å². The van der Waals surface area contributed by atoms with Crippen LogP contribution in [0.2, 0.25) is 5.02 Å². The number of carbonyl (C=O) groups is 2. The Bertz CT molecular complexity index is 1370. The fraction of sp³-hybridized carbons (Fsp3) is 0.250. The lowest BCUT2D eigenvalue weighted by Crippen LogP contribution is -2.34. The number of rotatable bonds is 6. The van der Waals surface area contributed by atoms with Crippen LogP contribution in [0.15, 0.2) is 71.7 Å². The predicted octanol–water partition coefficient (Wildman–Crippen LogP) is 6.68. The number of nitrogens with zero attached hydrogens (tertiary/aromatic N) is 1. The molecule has 3 amide bonds. The standard InChI is InChI=1S/C28H26ClF3N4O2/c1-16(2)33-27(38)34-20-11-7-18(8-12-20)25-21-15-19(29)10-14-23(21)36-26(37)24(35-25)13-9-17-5-3-4-6-22(17)28(30,31)32/h3-8,10-12,14-16,24H,9,13H2,1-2H3,(H,36,37)(H2,33,34,38). The van der Waals surface area contributed by atoms with Gasteiger partial charge in [0.1, 0.15) is 6.04 Å². The van der Waals surface area contributed by atoms with E-state index in [1.165, 1.54) is 12.1 Å². The van der Waals surface area contributed by atoms with Gasteiger partial charge < -0.3 is 16.0 Å². The van der Waals surface area contributed by atoms with E-state index in [2.05, 4.69) is 16.0 Å². The zero-order valence-electron chi connectivity index (χ0n) is 20.7. The molecule has 0 saturated heterocycles. The van der Waals surface area contributed by atoms with Crippen LogP contribution < -0.4 is 16.0 Å². The van der Waals surface area contributed by atoms with Crippen LogP contribution in [0.25, 0.3) is 0 Å². The van der Waals surface area contributed by atoms with Crippen LogP contribution in [0.1, 0.15) is 42.5 Å². The Morgan fingerprint density at radius 2 is 1.79 bits per heavy atom. The average molecular weight is 543 g/mol. The molecule has 0 fully saturated rings. The molecule has 0 bridgehead atoms. The molecule has 0 saturated carbocycles. The monoisotopic (exact) mass is 542 g/mol. The van der Waals surface area contributed by atoms with E-state index in [9.17, 15) is 22.8 Å². The van der Waals surface area contributed by atoms with Gasteiger partial charge in [0.15, 0.2) is 0 Å². The zero-order chi connectivity index (χ0) is 27.4. The molecule has 0 spiro atoms. The van der Waals surface area contributed by atoms with Gasteiger partial charge in [-0.25, -0.2) is 4.79 Å². The normalized spacial score (nSPS) is 15.3. The Morgan fingerprint density at radius 1 is 1.08 bits per heavy atom. The second-order valence-electron chi connectivity index (χ2n) is 9.20. The van der Waals surface area contributed by atoms with Crippen molar-refractivity contribution in [1.82, 2.24) is 5.32 Å². The van der Waals surface area contributed by atoms with Gasteiger partial charge in [0.2, 0.25) is 5.91 Å². The molecule has 1 aliphatic rings. The van der Waals surface area contributed by atoms with Gasteiger partial charge >= 0.3 is 12.2 Å². The van der Waals surface area contributed by atoms with E-state index in [1.54, 1.807) is 48.5 Å². The number of hydrogen-bond acceptors (Lipinski definition) is 3. The molecule has 4 rings (SSSR count). The first kappa shape index (κ1) is 27.2. The number of amides is 3. The van der Waals surface area contributed by atoms with Crippen molar-refractivity contribution < 1.29 is 22.8 Å². The Morgan fingerprint density at radius 3 is 2.47 bits per heavy atom. The number of alkyl halides is 3. The summed E-state index contributed by atoms with van der Waals surface area (Å²) in [5.74, 6) is -0.420. The third-order valence-electron chi connectivity index (χ3n) is 5.93. The van der Waals surface area contributed by atoms with Crippen molar-refractivity contribution in [3.8, 4) is 0 Å². The number of carbonyl (C=O) groups excluding carboxylic acids is 2. The SMILES string of the molecule is CC(C)NC(=O)Nc1ccc(C2=NC(CCc3ccccc3C(F)(F)F)C(=O)Nc3ccc(Cl)cc32)cc1. The maximum atomic E-state index is 13.5. The summed E-state index contributed by atoms with van der Waals surface area (Å²) < 4.78 is 40.4. The molecule has 38 heavy (non-hydrogen) atoms. The molecule has 3 N–H and O–H groups in total. The number of anilines is 2. The number of nitrogens with one attached hydrogen (secondary N) is 3. The van der Waals surface area contributed by atoms with Crippen LogP contribution in [0, 0.1) is 0 Å². The summed E-state index contributed by atoms with van der Waals surface area (Å²) in [5.41, 5.74) is 2.13. The molecule has 3 aromatic carbocycles. The van der Waals surface area contributed by atoms with Gasteiger partial charge in [-0.3, -0.25) is 9.79 Å². The highest BCUT2D eigenvalue weighted by molar-refractivity contribution is 6.32. The number of halogens is 4. The van der Waals surface area contributed by atoms with E-state index in [4.69, 9.17) is 16.6 Å². The molecular formula is C28H26ClF3N4O2. The first-order valence-corrected chi connectivity index (χ1v) is 12.4. The summed E-state index contributed by atoms with van der Waals surface area (Å²) in [7, 11) is 0. The largest absolute Gasteiger partial charge is 0.416 e. The van der Waals surface area contributed by atoms with E-state index in [1.807, 2.05) is 13.8 Å². The molecule has 198 valence electrons. The number of benzodiazepines with no additional fused rings is 1. The lowest BCUT2D eigenvalue weighted by molar-refractivity contribution is -0.138. The highest BCUT2D eigenvalue weighted by Crippen LogP contribution is 2.33. The van der Waals surface area contributed by atoms with Crippen LogP contribution in [-0.2, 0) is 17.4 Å². The Hall–Kier alpha value is -3.85. The van der Waals surface area contributed by atoms with Crippen molar-refractivity contribution in [2.45, 2.75) is 44.9 Å². The number of aryl methyl sites for hydroxylation is 1. The maximum Gasteiger partial charge on any atom is 0.416 e. The maximum absolute atomic E-state index is 13.5. The summed E-state index contributed by atoms with van der Waals surface area (Å²) in [6.45, 7) is 3.70. The minimum Gasteiger partial charge on any atom is -0.336 e. The molecule has 0 radical (unpaired) electrons. The Kier molecular flexibility index (Phi) is 8.06. The lowest BCUT2D eigenvalue weighted by Gasteiger charge is -2.15. The summed E-state index contributed by atoms with van der Waals surface area (Å²) in [5, 5.41) is 8.76. The van der Waals surface area contributed by atoms with E-state index in [0.29, 0.717) is 33.2 Å². The Labute approximate surface area is 223 Å².